The molecule has 6 nitrogen and oxygen atoms in total. The first-order valence-corrected chi connectivity index (χ1v) is 10.4. The molecule has 0 aliphatic carbocycles. The summed E-state index contributed by atoms with van der Waals surface area (Å²) in [5.74, 6) is -0.576. The third kappa shape index (κ3) is 5.34. The van der Waals surface area contributed by atoms with E-state index >= 15 is 0 Å². The van der Waals surface area contributed by atoms with Crippen molar-refractivity contribution in [2.75, 3.05) is 5.43 Å². The Morgan fingerprint density at radius 1 is 1.00 bits per heavy atom. The number of aliphatic carboxylic acids is 1. The predicted molar refractivity (Wildman–Crippen MR) is 123 cm³/mol. The van der Waals surface area contributed by atoms with Crippen LogP contribution in [0.3, 0.4) is 0 Å². The van der Waals surface area contributed by atoms with Crippen LogP contribution in [-0.4, -0.2) is 22.3 Å². The molecule has 0 fully saturated rings. The summed E-state index contributed by atoms with van der Waals surface area (Å²) in [6, 6.07) is 25.9. The van der Waals surface area contributed by atoms with E-state index in [1.54, 1.807) is 42.6 Å². The number of hydrogen-bond acceptors (Lipinski definition) is 6. The Hall–Kier alpha value is -3.97. The molecule has 3 aromatic carbocycles. The van der Waals surface area contributed by atoms with Gasteiger partial charge in [-0.05, 0) is 29.8 Å². The molecule has 4 rings (SSSR count). The Morgan fingerprint density at radius 2 is 1.68 bits per heavy atom. The summed E-state index contributed by atoms with van der Waals surface area (Å²) in [5, 5.41) is 16.4. The minimum Gasteiger partial charge on any atom is -0.478 e. The first-order valence-electron chi connectivity index (χ1n) is 9.53. The van der Waals surface area contributed by atoms with E-state index in [2.05, 4.69) is 15.5 Å². The average molecular weight is 430 g/mol. The fourth-order valence-electron chi connectivity index (χ4n) is 2.89. The molecule has 154 valence electrons. The maximum Gasteiger partial charge on any atom is 0.349 e. The molecule has 0 aliphatic heterocycles. The number of carboxylic acids is 1. The smallest absolute Gasteiger partial charge is 0.349 e. The van der Waals surface area contributed by atoms with Crippen molar-refractivity contribution in [3.63, 3.8) is 0 Å². The molecule has 0 aliphatic rings. The number of nitrogens with zero attached hydrogens (tertiary/aromatic N) is 2. The molecule has 0 saturated carbocycles. The molecule has 0 bridgehead atoms. The average Bonchev–Trinajstić information content (AvgIpc) is 3.28. The molecule has 0 amide bonds. The SMILES string of the molecule is O=C(O)C(Oc1ccc(C=NNc2nc(-c3ccccc3)cs2)cc1)c1ccccc1. The zero-order valence-corrected chi connectivity index (χ0v) is 17.2. The van der Waals surface area contributed by atoms with Gasteiger partial charge in [0.2, 0.25) is 11.2 Å². The number of carboxylic acid groups (broad SMARTS) is 1. The lowest BCUT2D eigenvalue weighted by atomic mass is 10.1. The van der Waals surface area contributed by atoms with Gasteiger partial charge in [-0.3, -0.25) is 5.43 Å². The number of nitrogens with one attached hydrogen (secondary N) is 1. The Kier molecular flexibility index (Phi) is 6.35. The van der Waals surface area contributed by atoms with Crippen LogP contribution >= 0.6 is 11.3 Å². The topological polar surface area (TPSA) is 83.8 Å². The summed E-state index contributed by atoms with van der Waals surface area (Å²) in [4.78, 5) is 16.1. The summed E-state index contributed by atoms with van der Waals surface area (Å²) in [6.45, 7) is 0. The summed E-state index contributed by atoms with van der Waals surface area (Å²) < 4.78 is 5.67. The van der Waals surface area contributed by atoms with Gasteiger partial charge in [0, 0.05) is 16.5 Å². The van der Waals surface area contributed by atoms with Crippen LogP contribution in [0, 0.1) is 0 Å². The van der Waals surface area contributed by atoms with Crippen LogP contribution in [0.2, 0.25) is 0 Å². The van der Waals surface area contributed by atoms with Crippen LogP contribution in [0.1, 0.15) is 17.2 Å². The van der Waals surface area contributed by atoms with E-state index < -0.39 is 12.1 Å². The van der Waals surface area contributed by atoms with Gasteiger partial charge in [0.15, 0.2) is 0 Å². The number of thiazole rings is 1. The van der Waals surface area contributed by atoms with Crippen molar-refractivity contribution >= 4 is 28.7 Å². The molecule has 0 saturated heterocycles. The van der Waals surface area contributed by atoms with Crippen LogP contribution in [-0.2, 0) is 4.79 Å². The van der Waals surface area contributed by atoms with Gasteiger partial charge >= 0.3 is 5.97 Å². The second-order valence-electron chi connectivity index (χ2n) is 6.59. The van der Waals surface area contributed by atoms with Gasteiger partial charge in [0.1, 0.15) is 5.75 Å². The van der Waals surface area contributed by atoms with E-state index in [4.69, 9.17) is 4.74 Å². The largest absolute Gasteiger partial charge is 0.478 e. The lowest BCUT2D eigenvalue weighted by Gasteiger charge is -2.15. The summed E-state index contributed by atoms with van der Waals surface area (Å²) in [7, 11) is 0. The number of hydrogen-bond donors (Lipinski definition) is 2. The van der Waals surface area contributed by atoms with Crippen molar-refractivity contribution in [2.45, 2.75) is 6.10 Å². The highest BCUT2D eigenvalue weighted by atomic mass is 32.1. The van der Waals surface area contributed by atoms with Crippen molar-refractivity contribution < 1.29 is 14.6 Å². The maximum atomic E-state index is 11.6. The fourth-order valence-corrected chi connectivity index (χ4v) is 3.55. The van der Waals surface area contributed by atoms with E-state index in [0.717, 1.165) is 16.8 Å². The Labute approximate surface area is 183 Å². The number of anilines is 1. The van der Waals surface area contributed by atoms with Crippen molar-refractivity contribution in [3.8, 4) is 17.0 Å². The molecular weight excluding hydrogens is 410 g/mol. The highest BCUT2D eigenvalue weighted by Crippen LogP contribution is 2.25. The van der Waals surface area contributed by atoms with Gasteiger partial charge in [-0.15, -0.1) is 11.3 Å². The van der Waals surface area contributed by atoms with Crippen LogP contribution in [0.5, 0.6) is 5.75 Å². The van der Waals surface area contributed by atoms with Crippen molar-refractivity contribution in [1.29, 1.82) is 0 Å². The highest BCUT2D eigenvalue weighted by molar-refractivity contribution is 7.14. The molecule has 1 aromatic heterocycles. The predicted octanol–water partition coefficient (Wildman–Crippen LogP) is 5.46. The lowest BCUT2D eigenvalue weighted by molar-refractivity contribution is -0.145. The number of carbonyl (C=O) groups is 1. The number of benzene rings is 3. The zero-order valence-electron chi connectivity index (χ0n) is 16.4. The zero-order chi connectivity index (χ0) is 21.5. The molecule has 1 unspecified atom stereocenters. The van der Waals surface area contributed by atoms with E-state index in [1.807, 2.05) is 53.9 Å². The van der Waals surface area contributed by atoms with Gasteiger partial charge in [0.25, 0.3) is 0 Å². The number of aromatic nitrogens is 1. The van der Waals surface area contributed by atoms with Crippen LogP contribution in [0.25, 0.3) is 11.3 Å². The number of hydrazone groups is 1. The molecular formula is C24H19N3O3S. The second kappa shape index (κ2) is 9.69. The van der Waals surface area contributed by atoms with Crippen LogP contribution < -0.4 is 10.2 Å². The van der Waals surface area contributed by atoms with Crippen LogP contribution in [0.4, 0.5) is 5.13 Å². The third-order valence-electron chi connectivity index (χ3n) is 4.41. The standard InChI is InChI=1S/C24H19N3O3S/c28-23(29)22(19-9-5-2-6-10-19)30-20-13-11-17(12-14-20)15-25-27-24-26-21(16-31-24)18-7-3-1-4-8-18/h1-16,22H,(H,26,27)(H,28,29). The van der Waals surface area contributed by atoms with Crippen molar-refractivity contribution in [3.05, 3.63) is 101 Å². The Bertz CT molecular complexity index is 1160. The normalized spacial score (nSPS) is 11.9. The van der Waals surface area contributed by atoms with E-state index in [-0.39, 0.29) is 0 Å². The molecule has 7 heteroatoms. The monoisotopic (exact) mass is 429 g/mol. The van der Waals surface area contributed by atoms with Gasteiger partial charge < -0.3 is 9.84 Å². The molecule has 31 heavy (non-hydrogen) atoms. The summed E-state index contributed by atoms with van der Waals surface area (Å²) >= 11 is 1.48. The first kappa shape index (κ1) is 20.3. The Morgan fingerprint density at radius 3 is 2.35 bits per heavy atom. The highest BCUT2D eigenvalue weighted by Gasteiger charge is 2.21. The minimum atomic E-state index is -1.06. The van der Waals surface area contributed by atoms with Gasteiger partial charge in [-0.1, -0.05) is 60.7 Å². The second-order valence-corrected chi connectivity index (χ2v) is 7.45. The number of rotatable bonds is 8. The minimum absolute atomic E-state index is 0.466. The molecule has 4 aromatic rings. The lowest BCUT2D eigenvalue weighted by Crippen LogP contribution is -2.18. The molecule has 0 radical (unpaired) electrons. The summed E-state index contributed by atoms with van der Waals surface area (Å²) in [5.41, 5.74) is 6.32. The van der Waals surface area contributed by atoms with E-state index in [9.17, 15) is 9.90 Å². The maximum absolute atomic E-state index is 11.6. The first-order chi connectivity index (χ1) is 15.2. The van der Waals surface area contributed by atoms with E-state index in [1.165, 1.54) is 11.3 Å². The molecule has 1 atom stereocenters. The van der Waals surface area contributed by atoms with Crippen LogP contribution in [0.15, 0.2) is 95.4 Å². The van der Waals surface area contributed by atoms with E-state index in [0.29, 0.717) is 16.4 Å². The van der Waals surface area contributed by atoms with Gasteiger partial charge in [0.05, 0.1) is 11.9 Å². The third-order valence-corrected chi connectivity index (χ3v) is 5.16. The molecule has 1 heterocycles. The van der Waals surface area contributed by atoms with Gasteiger partial charge in [-0.2, -0.15) is 5.10 Å². The quantitative estimate of drug-likeness (QED) is 0.287. The molecule has 2 N–H and O–H groups in total. The fraction of sp³-hybridized carbons (Fsp3) is 0.0417. The molecule has 0 spiro atoms. The Balaban J connectivity index is 1.37. The van der Waals surface area contributed by atoms with Crippen molar-refractivity contribution in [2.24, 2.45) is 5.10 Å². The van der Waals surface area contributed by atoms with Gasteiger partial charge in [-0.25, -0.2) is 9.78 Å². The number of ether oxygens (including phenoxy) is 1. The van der Waals surface area contributed by atoms with Crippen molar-refractivity contribution in [1.82, 2.24) is 4.98 Å². The summed E-state index contributed by atoms with van der Waals surface area (Å²) in [6.07, 6.45) is 0.602.